The van der Waals surface area contributed by atoms with E-state index in [1.165, 1.54) is 0 Å². The number of amides is 1. The maximum atomic E-state index is 11.8. The van der Waals surface area contributed by atoms with Gasteiger partial charge in [-0.3, -0.25) is 9.59 Å². The van der Waals surface area contributed by atoms with Crippen molar-refractivity contribution in [3.05, 3.63) is 0 Å². The van der Waals surface area contributed by atoms with E-state index in [4.69, 9.17) is 5.11 Å². The predicted octanol–water partition coefficient (Wildman–Crippen LogP) is 2.48. The van der Waals surface area contributed by atoms with Gasteiger partial charge < -0.3 is 10.4 Å². The third-order valence-corrected chi connectivity index (χ3v) is 2.28. The third kappa shape index (κ3) is 12.8. The number of halogens is 3. The molecule has 0 aromatic heterocycles. The fourth-order valence-corrected chi connectivity index (χ4v) is 1.33. The molecule has 0 aromatic carbocycles. The largest absolute Gasteiger partial charge is 0.481 e. The van der Waals surface area contributed by atoms with Crippen molar-refractivity contribution in [2.24, 2.45) is 0 Å². The van der Waals surface area contributed by atoms with Crippen LogP contribution in [0.4, 0.5) is 13.2 Å². The molecule has 0 fully saturated rings. The van der Waals surface area contributed by atoms with E-state index in [9.17, 15) is 22.8 Å². The highest BCUT2D eigenvalue weighted by Gasteiger charge is 2.27. The molecular formula is C11H18F3NO3. The van der Waals surface area contributed by atoms with Gasteiger partial charge in [0.1, 0.15) is 0 Å². The number of carbonyl (C=O) groups is 2. The normalized spacial score (nSPS) is 11.3. The van der Waals surface area contributed by atoms with E-state index in [-0.39, 0.29) is 6.42 Å². The smallest absolute Gasteiger partial charge is 0.389 e. The van der Waals surface area contributed by atoms with Crippen molar-refractivity contribution in [3.63, 3.8) is 0 Å². The van der Waals surface area contributed by atoms with Crippen molar-refractivity contribution >= 4 is 11.9 Å². The minimum atomic E-state index is -4.30. The highest BCUT2D eigenvalue weighted by atomic mass is 19.4. The van der Waals surface area contributed by atoms with Crippen molar-refractivity contribution in [3.8, 4) is 0 Å². The number of carboxylic acid groups (broad SMARTS) is 1. The van der Waals surface area contributed by atoms with Crippen LogP contribution in [0.15, 0.2) is 0 Å². The number of alkyl halides is 3. The highest BCUT2D eigenvalue weighted by molar-refractivity contribution is 5.75. The van der Waals surface area contributed by atoms with E-state index in [2.05, 4.69) is 5.32 Å². The summed E-state index contributed by atoms with van der Waals surface area (Å²) in [5.41, 5.74) is 0. The number of hydrogen-bond acceptors (Lipinski definition) is 2. The Hall–Kier alpha value is -1.27. The zero-order chi connectivity index (χ0) is 14.0. The molecular weight excluding hydrogens is 251 g/mol. The van der Waals surface area contributed by atoms with Crippen LogP contribution < -0.4 is 5.32 Å². The van der Waals surface area contributed by atoms with Crippen molar-refractivity contribution in [2.75, 3.05) is 6.54 Å². The number of unbranched alkanes of at least 4 members (excludes halogenated alkanes) is 3. The molecule has 0 spiro atoms. The molecule has 0 heterocycles. The number of rotatable bonds is 9. The first-order valence-electron chi connectivity index (χ1n) is 5.86. The summed E-state index contributed by atoms with van der Waals surface area (Å²) in [6, 6.07) is 0. The number of carboxylic acids is 1. The topological polar surface area (TPSA) is 66.4 Å². The highest BCUT2D eigenvalue weighted by Crippen LogP contribution is 2.20. The van der Waals surface area contributed by atoms with Crippen LogP contribution in [0, 0.1) is 0 Å². The Labute approximate surface area is 104 Å². The van der Waals surface area contributed by atoms with Crippen LogP contribution in [0.5, 0.6) is 0 Å². The molecule has 0 radical (unpaired) electrons. The molecule has 0 saturated heterocycles. The average molecular weight is 269 g/mol. The van der Waals surface area contributed by atoms with Gasteiger partial charge in [-0.15, -0.1) is 0 Å². The van der Waals surface area contributed by atoms with Crippen molar-refractivity contribution < 1.29 is 27.9 Å². The second kappa shape index (κ2) is 8.77. The minimum absolute atomic E-state index is 0.123. The third-order valence-electron chi connectivity index (χ3n) is 2.28. The Bertz CT molecular complexity index is 267. The molecule has 0 rings (SSSR count). The molecule has 0 atom stereocenters. The molecule has 0 aromatic rings. The Balaban J connectivity index is 3.33. The monoisotopic (exact) mass is 269 g/mol. The van der Waals surface area contributed by atoms with Crippen molar-refractivity contribution in [1.29, 1.82) is 0 Å². The summed E-state index contributed by atoms with van der Waals surface area (Å²) in [6.45, 7) is 0.337. The lowest BCUT2D eigenvalue weighted by Crippen LogP contribution is -2.25. The number of hydrogen-bond donors (Lipinski definition) is 2. The maximum Gasteiger partial charge on any atom is 0.389 e. The van der Waals surface area contributed by atoms with Crippen LogP contribution >= 0.6 is 0 Å². The molecule has 0 aliphatic carbocycles. The maximum absolute atomic E-state index is 11.8. The van der Waals surface area contributed by atoms with Gasteiger partial charge in [-0.1, -0.05) is 12.8 Å². The molecule has 2 N–H and O–H groups in total. The lowest BCUT2D eigenvalue weighted by Gasteiger charge is -2.07. The predicted molar refractivity (Wildman–Crippen MR) is 59.0 cm³/mol. The second-order valence-corrected chi connectivity index (χ2v) is 4.02. The summed E-state index contributed by atoms with van der Waals surface area (Å²) in [5, 5.41) is 10.8. The summed E-state index contributed by atoms with van der Waals surface area (Å²) < 4.78 is 35.3. The van der Waals surface area contributed by atoms with E-state index in [1.54, 1.807) is 0 Å². The number of aliphatic carboxylic acids is 1. The Morgan fingerprint density at radius 3 is 2.17 bits per heavy atom. The quantitative estimate of drug-likeness (QED) is 0.632. The summed E-state index contributed by atoms with van der Waals surface area (Å²) in [5.74, 6) is -1.44. The molecule has 0 saturated carbocycles. The van der Waals surface area contributed by atoms with Crippen LogP contribution in [0.25, 0.3) is 0 Å². The van der Waals surface area contributed by atoms with Gasteiger partial charge in [0.25, 0.3) is 0 Å². The SMILES string of the molecule is O=C(O)CCCCCCNC(=O)CCC(F)(F)F. The lowest BCUT2D eigenvalue weighted by molar-refractivity contribution is -0.144. The number of carbonyl (C=O) groups excluding carboxylic acids is 1. The molecule has 1 amide bonds. The summed E-state index contributed by atoms with van der Waals surface area (Å²) >= 11 is 0. The first-order valence-corrected chi connectivity index (χ1v) is 5.86. The van der Waals surface area contributed by atoms with E-state index >= 15 is 0 Å². The second-order valence-electron chi connectivity index (χ2n) is 4.02. The molecule has 106 valence electrons. The van der Waals surface area contributed by atoms with E-state index in [0.29, 0.717) is 19.4 Å². The van der Waals surface area contributed by atoms with Crippen LogP contribution in [-0.2, 0) is 9.59 Å². The lowest BCUT2D eigenvalue weighted by atomic mass is 10.1. The van der Waals surface area contributed by atoms with Gasteiger partial charge in [-0.25, -0.2) is 0 Å². The first kappa shape index (κ1) is 16.7. The first-order chi connectivity index (χ1) is 8.31. The van der Waals surface area contributed by atoms with Gasteiger partial charge in [0.2, 0.25) is 5.91 Å². The van der Waals surface area contributed by atoms with Gasteiger partial charge in [-0.2, -0.15) is 13.2 Å². The van der Waals surface area contributed by atoms with Crippen molar-refractivity contribution in [2.45, 2.75) is 51.1 Å². The minimum Gasteiger partial charge on any atom is -0.481 e. The van der Waals surface area contributed by atoms with Crippen LogP contribution in [0.2, 0.25) is 0 Å². The van der Waals surface area contributed by atoms with Crippen LogP contribution in [-0.4, -0.2) is 29.7 Å². The van der Waals surface area contributed by atoms with Gasteiger partial charge in [-0.05, 0) is 12.8 Å². The molecule has 18 heavy (non-hydrogen) atoms. The Morgan fingerprint density at radius 1 is 1.00 bits per heavy atom. The zero-order valence-electron chi connectivity index (χ0n) is 10.1. The summed E-state index contributed by atoms with van der Waals surface area (Å²) in [4.78, 5) is 21.2. The molecule has 7 heteroatoms. The summed E-state index contributed by atoms with van der Waals surface area (Å²) in [6.07, 6.45) is -3.08. The van der Waals surface area contributed by atoms with Gasteiger partial charge in [0.15, 0.2) is 0 Å². The van der Waals surface area contributed by atoms with Crippen LogP contribution in [0.1, 0.15) is 44.9 Å². The average Bonchev–Trinajstić information content (AvgIpc) is 2.23. The summed E-state index contributed by atoms with van der Waals surface area (Å²) in [7, 11) is 0. The molecule has 4 nitrogen and oxygen atoms in total. The van der Waals surface area contributed by atoms with Crippen molar-refractivity contribution in [1.82, 2.24) is 5.32 Å². The Morgan fingerprint density at radius 2 is 1.61 bits per heavy atom. The zero-order valence-corrected chi connectivity index (χ0v) is 10.1. The standard InChI is InChI=1S/C11H18F3NO3/c12-11(13,14)7-6-9(16)15-8-4-2-1-3-5-10(17)18/h1-8H2,(H,15,16)(H,17,18). The number of nitrogens with one attached hydrogen (secondary N) is 1. The van der Waals surface area contributed by atoms with Gasteiger partial charge >= 0.3 is 12.1 Å². The van der Waals surface area contributed by atoms with E-state index < -0.39 is 30.9 Å². The van der Waals surface area contributed by atoms with Gasteiger partial charge in [0, 0.05) is 19.4 Å². The molecule has 0 bridgehead atoms. The van der Waals surface area contributed by atoms with E-state index in [0.717, 1.165) is 12.8 Å². The Kier molecular flexibility index (Phi) is 8.15. The fourth-order valence-electron chi connectivity index (χ4n) is 1.33. The molecule has 0 aliphatic rings. The fraction of sp³-hybridized carbons (Fsp3) is 0.818. The van der Waals surface area contributed by atoms with Crippen LogP contribution in [0.3, 0.4) is 0 Å². The van der Waals surface area contributed by atoms with E-state index in [1.807, 2.05) is 0 Å². The molecule has 0 unspecified atom stereocenters. The van der Waals surface area contributed by atoms with Gasteiger partial charge in [0.05, 0.1) is 6.42 Å². The molecule has 0 aliphatic heterocycles.